The summed E-state index contributed by atoms with van der Waals surface area (Å²) < 4.78 is 4.91. The predicted molar refractivity (Wildman–Crippen MR) is 41.2 cm³/mol. The number of quaternary nitrogens is 1. The van der Waals surface area contributed by atoms with Crippen molar-refractivity contribution in [3.63, 3.8) is 0 Å². The molecule has 0 fully saturated rings. The Morgan fingerprint density at radius 2 is 2.23 bits per heavy atom. The van der Waals surface area contributed by atoms with E-state index >= 15 is 0 Å². The Hall–Kier alpha value is -1.14. The van der Waals surface area contributed by atoms with Crippen molar-refractivity contribution >= 4 is 11.9 Å². The molecule has 0 heterocycles. The normalized spacial score (nSPS) is 12.2. The van der Waals surface area contributed by atoms with Crippen LogP contribution in [0.1, 0.15) is 6.92 Å². The van der Waals surface area contributed by atoms with Gasteiger partial charge in [-0.05, 0) is 0 Å². The van der Waals surface area contributed by atoms with Gasteiger partial charge in [0, 0.05) is 13.5 Å². The molecule has 0 aliphatic carbocycles. The Balaban J connectivity index is 3.26. The van der Waals surface area contributed by atoms with Crippen LogP contribution in [0.15, 0.2) is 0 Å². The molecule has 0 radical (unpaired) electrons. The van der Waals surface area contributed by atoms with Crippen LogP contribution in [0.5, 0.6) is 0 Å². The van der Waals surface area contributed by atoms with Crippen LogP contribution in [0.2, 0.25) is 0 Å². The van der Waals surface area contributed by atoms with Crippen LogP contribution in [-0.2, 0) is 14.3 Å². The van der Waals surface area contributed by atoms with E-state index in [1.807, 2.05) is 0 Å². The van der Waals surface area contributed by atoms with Crippen LogP contribution in [0.3, 0.4) is 0 Å². The van der Waals surface area contributed by atoms with E-state index in [-0.39, 0.29) is 19.1 Å². The highest BCUT2D eigenvalue weighted by Gasteiger charge is 2.05. The molecule has 76 valence electrons. The van der Waals surface area contributed by atoms with Crippen molar-refractivity contribution in [2.45, 2.75) is 13.0 Å². The minimum Gasteiger partial charge on any atom is -0.544 e. The van der Waals surface area contributed by atoms with E-state index in [4.69, 9.17) is 4.74 Å². The van der Waals surface area contributed by atoms with E-state index in [1.165, 1.54) is 6.92 Å². The molecule has 0 aromatic carbocycles. The van der Waals surface area contributed by atoms with Crippen molar-refractivity contribution < 1.29 is 25.2 Å². The summed E-state index contributed by atoms with van der Waals surface area (Å²) >= 11 is 0. The van der Waals surface area contributed by atoms with Crippen molar-refractivity contribution in [3.05, 3.63) is 0 Å². The SMILES string of the molecule is CC(=O)NCCOC[C@H]([NH3+])C(=O)[O-]. The first kappa shape index (κ1) is 11.9. The molecule has 0 aliphatic rings. The van der Waals surface area contributed by atoms with Gasteiger partial charge in [0.1, 0.15) is 18.6 Å². The molecule has 13 heavy (non-hydrogen) atoms. The third kappa shape index (κ3) is 7.23. The predicted octanol–water partition coefficient (Wildman–Crippen LogP) is -3.50. The monoisotopic (exact) mass is 190 g/mol. The fraction of sp³-hybridized carbons (Fsp3) is 0.714. The average molecular weight is 190 g/mol. The molecule has 1 amide bonds. The third-order valence-electron chi connectivity index (χ3n) is 1.27. The van der Waals surface area contributed by atoms with Crippen LogP contribution in [0, 0.1) is 0 Å². The van der Waals surface area contributed by atoms with Crippen LogP contribution in [0.4, 0.5) is 0 Å². The quantitative estimate of drug-likeness (QED) is 0.424. The number of rotatable bonds is 6. The lowest BCUT2D eigenvalue weighted by molar-refractivity contribution is -0.442. The van der Waals surface area contributed by atoms with Gasteiger partial charge in [-0.2, -0.15) is 0 Å². The Bertz CT molecular complexity index is 183. The largest absolute Gasteiger partial charge is 0.544 e. The molecule has 6 nitrogen and oxygen atoms in total. The summed E-state index contributed by atoms with van der Waals surface area (Å²) in [7, 11) is 0. The van der Waals surface area contributed by atoms with E-state index in [0.29, 0.717) is 6.54 Å². The number of carboxylic acid groups (broad SMARTS) is 1. The number of ether oxygens (including phenoxy) is 1. The summed E-state index contributed by atoms with van der Waals surface area (Å²) in [6, 6.07) is -0.864. The molecule has 0 aromatic rings. The maximum atomic E-state index is 10.4. The van der Waals surface area contributed by atoms with Crippen LogP contribution in [-0.4, -0.2) is 37.7 Å². The minimum absolute atomic E-state index is 0.00190. The van der Waals surface area contributed by atoms with Crippen molar-refractivity contribution in [2.75, 3.05) is 19.8 Å². The van der Waals surface area contributed by atoms with Gasteiger partial charge < -0.3 is 25.7 Å². The number of hydrogen-bond acceptors (Lipinski definition) is 4. The first-order valence-corrected chi connectivity index (χ1v) is 3.90. The number of amides is 1. The molecule has 0 aromatic heterocycles. The van der Waals surface area contributed by atoms with Crippen molar-refractivity contribution in [3.8, 4) is 0 Å². The minimum atomic E-state index is -1.24. The third-order valence-corrected chi connectivity index (χ3v) is 1.27. The number of aliphatic carboxylic acids is 1. The van der Waals surface area contributed by atoms with Crippen molar-refractivity contribution in [1.82, 2.24) is 5.32 Å². The zero-order valence-corrected chi connectivity index (χ0v) is 7.54. The topological polar surface area (TPSA) is 106 Å². The Kier molecular flexibility index (Phi) is 5.82. The maximum Gasteiger partial charge on any atom is 0.216 e. The summed E-state index contributed by atoms with van der Waals surface area (Å²) in [6.45, 7) is 2.04. The molecule has 0 saturated heterocycles. The summed E-state index contributed by atoms with van der Waals surface area (Å²) in [5.74, 6) is -1.38. The molecule has 1 atom stereocenters. The van der Waals surface area contributed by atoms with Crippen LogP contribution in [0.25, 0.3) is 0 Å². The van der Waals surface area contributed by atoms with Gasteiger partial charge in [0.05, 0.1) is 6.61 Å². The summed E-state index contributed by atoms with van der Waals surface area (Å²) in [5, 5.41) is 12.6. The molecule has 6 heteroatoms. The second-order valence-corrected chi connectivity index (χ2v) is 2.57. The highest BCUT2D eigenvalue weighted by molar-refractivity contribution is 5.72. The van der Waals surface area contributed by atoms with Gasteiger partial charge in [-0.15, -0.1) is 0 Å². The zero-order chi connectivity index (χ0) is 10.3. The van der Waals surface area contributed by atoms with Gasteiger partial charge in [0.15, 0.2) is 0 Å². The van der Waals surface area contributed by atoms with Gasteiger partial charge in [0.25, 0.3) is 0 Å². The number of carbonyl (C=O) groups is 2. The van der Waals surface area contributed by atoms with E-state index in [2.05, 4.69) is 11.1 Å². The van der Waals surface area contributed by atoms with Crippen LogP contribution < -0.4 is 16.2 Å². The first-order chi connectivity index (χ1) is 6.04. The fourth-order valence-electron chi connectivity index (χ4n) is 0.593. The summed E-state index contributed by atoms with van der Waals surface area (Å²) in [5.41, 5.74) is 3.30. The van der Waals surface area contributed by atoms with E-state index in [9.17, 15) is 14.7 Å². The van der Waals surface area contributed by atoms with Crippen molar-refractivity contribution in [1.29, 1.82) is 0 Å². The number of carboxylic acids is 1. The first-order valence-electron chi connectivity index (χ1n) is 3.90. The average Bonchev–Trinajstić information content (AvgIpc) is 2.02. The molecular formula is C7H14N2O4. The molecule has 4 N–H and O–H groups in total. The Morgan fingerprint density at radius 1 is 1.62 bits per heavy atom. The highest BCUT2D eigenvalue weighted by Crippen LogP contribution is 1.77. The Labute approximate surface area is 76.0 Å². The second kappa shape index (κ2) is 6.38. The van der Waals surface area contributed by atoms with Crippen molar-refractivity contribution in [2.24, 2.45) is 0 Å². The second-order valence-electron chi connectivity index (χ2n) is 2.57. The lowest BCUT2D eigenvalue weighted by Gasteiger charge is -2.09. The molecule has 0 bridgehead atoms. The molecule has 0 saturated carbocycles. The number of nitrogens with one attached hydrogen (secondary N) is 1. The van der Waals surface area contributed by atoms with E-state index < -0.39 is 12.0 Å². The Morgan fingerprint density at radius 3 is 2.69 bits per heavy atom. The number of hydrogen-bond donors (Lipinski definition) is 2. The van der Waals surface area contributed by atoms with Gasteiger partial charge in [-0.1, -0.05) is 0 Å². The van der Waals surface area contributed by atoms with Gasteiger partial charge in [-0.3, -0.25) is 4.79 Å². The lowest BCUT2D eigenvalue weighted by atomic mass is 10.3. The van der Waals surface area contributed by atoms with Gasteiger partial charge >= 0.3 is 0 Å². The zero-order valence-electron chi connectivity index (χ0n) is 7.54. The summed E-state index contributed by atoms with van der Waals surface area (Å²) in [6.07, 6.45) is 0. The molecule has 0 aliphatic heterocycles. The fourth-order valence-corrected chi connectivity index (χ4v) is 0.593. The van der Waals surface area contributed by atoms with Gasteiger partial charge in [0.2, 0.25) is 5.91 Å². The van der Waals surface area contributed by atoms with Gasteiger partial charge in [-0.25, -0.2) is 0 Å². The van der Waals surface area contributed by atoms with E-state index in [1.54, 1.807) is 0 Å². The van der Waals surface area contributed by atoms with E-state index in [0.717, 1.165) is 0 Å². The molecule has 0 unspecified atom stereocenters. The smallest absolute Gasteiger partial charge is 0.216 e. The van der Waals surface area contributed by atoms with Crippen LogP contribution >= 0.6 is 0 Å². The molecule has 0 spiro atoms. The highest BCUT2D eigenvalue weighted by atomic mass is 16.5. The number of carbonyl (C=O) groups excluding carboxylic acids is 2. The lowest BCUT2D eigenvalue weighted by Crippen LogP contribution is -2.70. The standard InChI is InChI=1S/C7H14N2O4/c1-5(10)9-2-3-13-4-6(8)7(11)12/h6H,2-4,8H2,1H3,(H,9,10)(H,11,12)/t6-/m0/s1. The molecular weight excluding hydrogens is 176 g/mol. The molecule has 0 rings (SSSR count). The summed E-state index contributed by atoms with van der Waals surface area (Å²) in [4.78, 5) is 20.5. The maximum absolute atomic E-state index is 10.4.